The van der Waals surface area contributed by atoms with Gasteiger partial charge in [0.1, 0.15) is 11.5 Å². The summed E-state index contributed by atoms with van der Waals surface area (Å²) in [5, 5.41) is 16.7. The Morgan fingerprint density at radius 2 is 2.20 bits per heavy atom. The first-order valence-corrected chi connectivity index (χ1v) is 7.80. The number of nitrogens with one attached hydrogen (secondary N) is 3. The van der Waals surface area contributed by atoms with Gasteiger partial charge in [-0.25, -0.2) is 10.1 Å². The summed E-state index contributed by atoms with van der Waals surface area (Å²) in [6.45, 7) is 0. The molecule has 1 amide bonds. The van der Waals surface area contributed by atoms with Crippen LogP contribution in [0.4, 0.5) is 17.5 Å². The zero-order chi connectivity index (χ0) is 17.0. The summed E-state index contributed by atoms with van der Waals surface area (Å²) in [6, 6.07) is 0. The third-order valence-electron chi connectivity index (χ3n) is 4.47. The van der Waals surface area contributed by atoms with Crippen molar-refractivity contribution in [1.29, 1.82) is 0 Å². The zero-order valence-corrected chi connectivity index (χ0v) is 13.3. The summed E-state index contributed by atoms with van der Waals surface area (Å²) >= 11 is 0. The van der Waals surface area contributed by atoms with E-state index < -0.39 is 5.41 Å². The Balaban J connectivity index is 1.39. The number of fused-ring (bicyclic) bond motifs is 2. The molecule has 2 aliphatic rings. The van der Waals surface area contributed by atoms with Crippen molar-refractivity contribution in [3.05, 3.63) is 30.4 Å². The smallest absolute Gasteiger partial charge is 0.239 e. The van der Waals surface area contributed by atoms with Gasteiger partial charge in [-0.1, -0.05) is 0 Å². The van der Waals surface area contributed by atoms with E-state index in [1.807, 2.05) is 0 Å². The molecule has 0 unspecified atom stereocenters. The van der Waals surface area contributed by atoms with E-state index in [2.05, 4.69) is 35.9 Å². The number of nitrogens with zero attached hydrogens (tertiary/aromatic N) is 5. The largest absolute Gasteiger partial charge is 0.434 e. The minimum Gasteiger partial charge on any atom is -0.434 e. The van der Waals surface area contributed by atoms with E-state index in [0.29, 0.717) is 29.1 Å². The number of carbonyl (C=O) groups excluding carboxylic acids is 1. The van der Waals surface area contributed by atoms with Crippen LogP contribution in [0.2, 0.25) is 0 Å². The van der Waals surface area contributed by atoms with Crippen LogP contribution in [0.1, 0.15) is 18.4 Å². The summed E-state index contributed by atoms with van der Waals surface area (Å²) in [5.74, 6) is 1.93. The van der Waals surface area contributed by atoms with Crippen molar-refractivity contribution in [3.8, 4) is 11.6 Å². The zero-order valence-electron chi connectivity index (χ0n) is 13.3. The molecule has 1 spiro atoms. The van der Waals surface area contributed by atoms with Gasteiger partial charge in [0.25, 0.3) is 0 Å². The van der Waals surface area contributed by atoms with Gasteiger partial charge in [-0.2, -0.15) is 15.2 Å². The van der Waals surface area contributed by atoms with Gasteiger partial charge >= 0.3 is 0 Å². The van der Waals surface area contributed by atoms with Gasteiger partial charge in [0, 0.05) is 18.8 Å². The number of amides is 1. The molecule has 0 aromatic carbocycles. The number of ether oxygens (including phenoxy) is 1. The summed E-state index contributed by atoms with van der Waals surface area (Å²) in [5.41, 5.74) is 1.06. The van der Waals surface area contributed by atoms with Gasteiger partial charge < -0.3 is 15.4 Å². The predicted octanol–water partition coefficient (Wildman–Crippen LogP) is 1.45. The van der Waals surface area contributed by atoms with Gasteiger partial charge in [-0.3, -0.25) is 9.48 Å². The Bertz CT molecular complexity index is 987. The molecular weight excluding hydrogens is 324 g/mol. The fourth-order valence-corrected chi connectivity index (χ4v) is 2.99. The lowest BCUT2D eigenvalue weighted by Crippen LogP contribution is -2.18. The van der Waals surface area contributed by atoms with Gasteiger partial charge in [0.15, 0.2) is 5.75 Å². The van der Waals surface area contributed by atoms with Crippen LogP contribution in [-0.2, 0) is 17.3 Å². The summed E-state index contributed by atoms with van der Waals surface area (Å²) < 4.78 is 7.34. The highest BCUT2D eigenvalue weighted by Crippen LogP contribution is 2.54. The molecule has 4 heterocycles. The number of aryl methyl sites for hydroxylation is 1. The maximum atomic E-state index is 12.1. The second-order valence-corrected chi connectivity index (χ2v) is 6.18. The lowest BCUT2D eigenvalue weighted by atomic mass is 10.0. The molecule has 10 heteroatoms. The third-order valence-corrected chi connectivity index (χ3v) is 4.47. The van der Waals surface area contributed by atoms with Crippen LogP contribution in [0.25, 0.3) is 0 Å². The molecule has 0 bridgehead atoms. The molecule has 0 radical (unpaired) electrons. The molecular formula is C15H14N8O2. The number of anilines is 3. The molecule has 126 valence electrons. The minimum absolute atomic E-state index is 0.0119. The Labute approximate surface area is 141 Å². The summed E-state index contributed by atoms with van der Waals surface area (Å²) in [4.78, 5) is 20.8. The topological polar surface area (TPSA) is 123 Å². The number of rotatable bonds is 4. The molecule has 3 aromatic heterocycles. The van der Waals surface area contributed by atoms with Crippen LogP contribution >= 0.6 is 0 Å². The van der Waals surface area contributed by atoms with Crippen molar-refractivity contribution in [3.63, 3.8) is 0 Å². The van der Waals surface area contributed by atoms with Crippen LogP contribution < -0.4 is 15.4 Å². The minimum atomic E-state index is -0.391. The second kappa shape index (κ2) is 4.79. The van der Waals surface area contributed by atoms with Gasteiger partial charge in [-0.05, 0) is 12.8 Å². The van der Waals surface area contributed by atoms with Crippen molar-refractivity contribution < 1.29 is 9.53 Å². The molecule has 0 saturated heterocycles. The summed E-state index contributed by atoms with van der Waals surface area (Å²) in [6.07, 6.45) is 8.32. The van der Waals surface area contributed by atoms with E-state index >= 15 is 0 Å². The van der Waals surface area contributed by atoms with Crippen LogP contribution in [0.5, 0.6) is 11.6 Å². The number of hydrogen-bond acceptors (Lipinski definition) is 7. The van der Waals surface area contributed by atoms with Crippen LogP contribution in [0.3, 0.4) is 0 Å². The Morgan fingerprint density at radius 3 is 2.96 bits per heavy atom. The molecule has 0 atom stereocenters. The highest BCUT2D eigenvalue weighted by molar-refractivity contribution is 6.07. The maximum absolute atomic E-state index is 12.1. The molecule has 3 N–H and O–H groups in total. The molecule has 1 aliphatic carbocycles. The number of aromatic amines is 1. The lowest BCUT2D eigenvalue weighted by Gasteiger charge is -2.07. The first-order chi connectivity index (χ1) is 12.1. The molecule has 5 rings (SSSR count). The number of carbonyl (C=O) groups is 1. The van der Waals surface area contributed by atoms with Gasteiger partial charge in [-0.15, -0.1) is 0 Å². The van der Waals surface area contributed by atoms with E-state index in [4.69, 9.17) is 4.74 Å². The van der Waals surface area contributed by atoms with E-state index in [-0.39, 0.29) is 5.91 Å². The first kappa shape index (κ1) is 14.0. The SMILES string of the molecule is Cn1cc(Oc2[nH]ncc2Nc2ncc3c(n2)NC(=O)C32CC2)cn1. The van der Waals surface area contributed by atoms with E-state index in [0.717, 1.165) is 18.4 Å². The average molecular weight is 338 g/mol. The number of hydrogen-bond donors (Lipinski definition) is 3. The van der Waals surface area contributed by atoms with Crippen molar-refractivity contribution in [2.45, 2.75) is 18.3 Å². The van der Waals surface area contributed by atoms with E-state index in [1.165, 1.54) is 0 Å². The standard InChI is InChI=1S/C15H14N8O2/c1-23-7-8(4-18-23)25-12-10(6-17-22-12)19-14-16-5-9-11(21-14)20-13(24)15(9)2-3-15/h4-7H,2-3H2,1H3,(H,17,22)(H2,16,19,20,21,24). The normalized spacial score (nSPS) is 16.6. The molecule has 1 fully saturated rings. The summed E-state index contributed by atoms with van der Waals surface area (Å²) in [7, 11) is 1.80. The van der Waals surface area contributed by atoms with Crippen molar-refractivity contribution in [2.24, 2.45) is 7.05 Å². The quantitative estimate of drug-likeness (QED) is 0.658. The number of H-pyrrole nitrogens is 1. The molecule has 3 aromatic rings. The van der Waals surface area contributed by atoms with Crippen molar-refractivity contribution in [1.82, 2.24) is 29.9 Å². The Hall–Kier alpha value is -3.43. The maximum Gasteiger partial charge on any atom is 0.239 e. The van der Waals surface area contributed by atoms with Crippen molar-refractivity contribution >= 4 is 23.4 Å². The Kier molecular flexibility index (Phi) is 2.67. The second-order valence-electron chi connectivity index (χ2n) is 6.18. The predicted molar refractivity (Wildman–Crippen MR) is 86.7 cm³/mol. The molecule has 10 nitrogen and oxygen atoms in total. The number of aromatic nitrogens is 6. The van der Waals surface area contributed by atoms with E-state index in [9.17, 15) is 4.79 Å². The third kappa shape index (κ3) is 2.14. The highest BCUT2D eigenvalue weighted by atomic mass is 16.5. The fraction of sp³-hybridized carbons (Fsp3) is 0.267. The fourth-order valence-electron chi connectivity index (χ4n) is 2.99. The molecule has 1 aliphatic heterocycles. The molecule has 25 heavy (non-hydrogen) atoms. The average Bonchev–Trinajstić information content (AvgIpc) is 3.00. The molecule has 1 saturated carbocycles. The van der Waals surface area contributed by atoms with Crippen LogP contribution in [0.15, 0.2) is 24.8 Å². The monoisotopic (exact) mass is 338 g/mol. The highest BCUT2D eigenvalue weighted by Gasteiger charge is 2.57. The van der Waals surface area contributed by atoms with Crippen LogP contribution in [0, 0.1) is 0 Å². The van der Waals surface area contributed by atoms with Crippen LogP contribution in [-0.4, -0.2) is 35.9 Å². The Morgan fingerprint density at radius 1 is 1.32 bits per heavy atom. The van der Waals surface area contributed by atoms with Crippen molar-refractivity contribution in [2.75, 3.05) is 10.6 Å². The van der Waals surface area contributed by atoms with Gasteiger partial charge in [0.2, 0.25) is 17.7 Å². The van der Waals surface area contributed by atoms with E-state index in [1.54, 1.807) is 36.5 Å². The first-order valence-electron chi connectivity index (χ1n) is 7.80. The van der Waals surface area contributed by atoms with Gasteiger partial charge in [0.05, 0.1) is 24.0 Å². The lowest BCUT2D eigenvalue weighted by molar-refractivity contribution is -0.117.